The molecule has 2 heterocycles. The topological polar surface area (TPSA) is 9.72 Å². The Balaban J connectivity index is 1.37. The third-order valence-corrected chi connectivity index (χ3v) is 6.77. The third-order valence-electron chi connectivity index (χ3n) is 6.77. The van der Waals surface area contributed by atoms with Gasteiger partial charge in [-0.2, -0.15) is 0 Å². The van der Waals surface area contributed by atoms with Crippen molar-refractivity contribution in [1.82, 2.24) is 14.7 Å². The average Bonchev–Trinajstić information content (AvgIpc) is 2.86. The molecule has 3 nitrogen and oxygen atoms in total. The van der Waals surface area contributed by atoms with Crippen molar-refractivity contribution in [2.75, 3.05) is 39.8 Å². The molecule has 3 fully saturated rings. The van der Waals surface area contributed by atoms with Crippen molar-refractivity contribution in [3.8, 4) is 0 Å². The molecule has 22 heavy (non-hydrogen) atoms. The van der Waals surface area contributed by atoms with E-state index in [4.69, 9.17) is 0 Å². The Kier molecular flexibility index (Phi) is 5.47. The second-order valence-corrected chi connectivity index (χ2v) is 8.58. The van der Waals surface area contributed by atoms with Crippen molar-refractivity contribution in [2.24, 2.45) is 11.8 Å². The van der Waals surface area contributed by atoms with E-state index in [1.807, 2.05) is 0 Å². The first kappa shape index (κ1) is 16.7. The lowest BCUT2D eigenvalue weighted by molar-refractivity contribution is 0.0236. The van der Waals surface area contributed by atoms with E-state index in [9.17, 15) is 0 Å². The van der Waals surface area contributed by atoms with E-state index in [0.29, 0.717) is 0 Å². The Labute approximate surface area is 138 Å². The van der Waals surface area contributed by atoms with Crippen LogP contribution < -0.4 is 0 Å². The maximum Gasteiger partial charge on any atom is 0.0347 e. The molecular weight excluding hydrogens is 270 g/mol. The molecule has 0 aromatic rings. The second-order valence-electron chi connectivity index (χ2n) is 8.58. The summed E-state index contributed by atoms with van der Waals surface area (Å²) >= 11 is 0. The molecular formula is C19H37N3. The summed E-state index contributed by atoms with van der Waals surface area (Å²) in [7, 11) is 2.33. The summed E-state index contributed by atoms with van der Waals surface area (Å²) in [5.41, 5.74) is 0. The van der Waals surface area contributed by atoms with Crippen LogP contribution in [0.4, 0.5) is 0 Å². The van der Waals surface area contributed by atoms with E-state index in [1.54, 1.807) is 0 Å². The van der Waals surface area contributed by atoms with Crippen LogP contribution in [-0.4, -0.2) is 72.6 Å². The summed E-state index contributed by atoms with van der Waals surface area (Å²) in [5.74, 6) is 2.06. The van der Waals surface area contributed by atoms with E-state index in [0.717, 1.165) is 30.0 Å². The number of hydrogen-bond acceptors (Lipinski definition) is 3. The molecule has 0 amide bonds. The van der Waals surface area contributed by atoms with E-state index < -0.39 is 0 Å². The predicted molar refractivity (Wildman–Crippen MR) is 94.2 cm³/mol. The second kappa shape index (κ2) is 7.19. The van der Waals surface area contributed by atoms with E-state index >= 15 is 0 Å². The van der Waals surface area contributed by atoms with Gasteiger partial charge < -0.3 is 9.80 Å². The predicted octanol–water partition coefficient (Wildman–Crippen LogP) is 2.91. The lowest BCUT2D eigenvalue weighted by Gasteiger charge is -2.46. The van der Waals surface area contributed by atoms with Crippen molar-refractivity contribution < 1.29 is 0 Å². The first-order valence-corrected chi connectivity index (χ1v) is 9.73. The molecule has 2 aliphatic heterocycles. The quantitative estimate of drug-likeness (QED) is 0.747. The van der Waals surface area contributed by atoms with Gasteiger partial charge in [-0.15, -0.1) is 0 Å². The van der Waals surface area contributed by atoms with Gasteiger partial charge in [0.25, 0.3) is 0 Å². The maximum atomic E-state index is 2.80. The first-order chi connectivity index (χ1) is 10.5. The molecule has 3 atom stereocenters. The molecule has 128 valence electrons. The highest BCUT2D eigenvalue weighted by atomic mass is 15.3. The van der Waals surface area contributed by atoms with Gasteiger partial charge in [-0.3, -0.25) is 4.90 Å². The number of likely N-dealkylation sites (tertiary alicyclic amines) is 2. The molecule has 0 aromatic carbocycles. The number of likely N-dealkylation sites (N-methyl/N-ethyl adjacent to an activating group) is 1. The molecule has 3 unspecified atom stereocenters. The molecule has 0 bridgehead atoms. The molecule has 1 aliphatic carbocycles. The molecule has 3 rings (SSSR count). The highest BCUT2D eigenvalue weighted by molar-refractivity contribution is 4.91. The summed E-state index contributed by atoms with van der Waals surface area (Å²) in [6.07, 6.45) is 7.32. The average molecular weight is 308 g/mol. The fourth-order valence-electron chi connectivity index (χ4n) is 4.75. The lowest BCUT2D eigenvalue weighted by Crippen LogP contribution is -2.60. The third kappa shape index (κ3) is 3.68. The zero-order chi connectivity index (χ0) is 15.7. The normalized spacial score (nSPS) is 32.5. The molecule has 0 radical (unpaired) electrons. The molecule has 2 saturated heterocycles. The Bertz CT molecular complexity index is 337. The fraction of sp³-hybridized carbons (Fsp3) is 1.00. The van der Waals surface area contributed by atoms with Gasteiger partial charge in [0.1, 0.15) is 0 Å². The smallest absolute Gasteiger partial charge is 0.0347 e. The monoisotopic (exact) mass is 307 g/mol. The first-order valence-electron chi connectivity index (χ1n) is 9.73. The van der Waals surface area contributed by atoms with Crippen molar-refractivity contribution in [2.45, 2.75) is 71.0 Å². The number of rotatable bonds is 6. The maximum absolute atomic E-state index is 2.80. The molecule has 3 aliphatic rings. The van der Waals surface area contributed by atoms with Crippen LogP contribution in [0.3, 0.4) is 0 Å². The van der Waals surface area contributed by atoms with Crippen LogP contribution in [0.2, 0.25) is 0 Å². The van der Waals surface area contributed by atoms with Gasteiger partial charge in [0.05, 0.1) is 0 Å². The summed E-state index contributed by atoms with van der Waals surface area (Å²) in [4.78, 5) is 7.99. The highest BCUT2D eigenvalue weighted by Gasteiger charge is 2.36. The van der Waals surface area contributed by atoms with Crippen LogP contribution in [0.15, 0.2) is 0 Å². The van der Waals surface area contributed by atoms with Crippen LogP contribution >= 0.6 is 0 Å². The fourth-order valence-corrected chi connectivity index (χ4v) is 4.75. The summed E-state index contributed by atoms with van der Waals surface area (Å²) in [6, 6.07) is 2.29. The standard InChI is InChI=1S/C19H37N3/c1-15(2)21-13-19(14-21)20(4)10-9-16(3)22-11-17-7-5-6-8-18(17)12-22/h15-19H,5-14H2,1-4H3. The van der Waals surface area contributed by atoms with Crippen molar-refractivity contribution in [1.29, 1.82) is 0 Å². The zero-order valence-electron chi connectivity index (χ0n) is 15.3. The van der Waals surface area contributed by atoms with Gasteiger partial charge in [0, 0.05) is 44.3 Å². The highest BCUT2D eigenvalue weighted by Crippen LogP contribution is 2.37. The Morgan fingerprint density at radius 3 is 2.05 bits per heavy atom. The van der Waals surface area contributed by atoms with Gasteiger partial charge in [0.2, 0.25) is 0 Å². The molecule has 0 N–H and O–H groups in total. The van der Waals surface area contributed by atoms with Crippen molar-refractivity contribution >= 4 is 0 Å². The minimum Gasteiger partial charge on any atom is -0.301 e. The zero-order valence-corrected chi connectivity index (χ0v) is 15.3. The summed E-state index contributed by atoms with van der Waals surface area (Å²) < 4.78 is 0. The van der Waals surface area contributed by atoms with Gasteiger partial charge in [-0.05, 0) is 65.5 Å². The lowest BCUT2D eigenvalue weighted by atomic mass is 9.82. The van der Waals surface area contributed by atoms with E-state index in [1.165, 1.54) is 64.8 Å². The van der Waals surface area contributed by atoms with Gasteiger partial charge in [-0.1, -0.05) is 12.8 Å². The number of hydrogen-bond donors (Lipinski definition) is 0. The van der Waals surface area contributed by atoms with Crippen molar-refractivity contribution in [3.63, 3.8) is 0 Å². The van der Waals surface area contributed by atoms with Crippen LogP contribution in [-0.2, 0) is 0 Å². The minimum absolute atomic E-state index is 0.719. The van der Waals surface area contributed by atoms with Gasteiger partial charge >= 0.3 is 0 Å². The van der Waals surface area contributed by atoms with Crippen molar-refractivity contribution in [3.05, 3.63) is 0 Å². The number of nitrogens with zero attached hydrogens (tertiary/aromatic N) is 3. The Morgan fingerprint density at radius 2 is 1.50 bits per heavy atom. The van der Waals surface area contributed by atoms with E-state index in [-0.39, 0.29) is 0 Å². The Hall–Kier alpha value is -0.120. The van der Waals surface area contributed by atoms with E-state index in [2.05, 4.69) is 42.5 Å². The van der Waals surface area contributed by atoms with Crippen LogP contribution in [0.1, 0.15) is 52.9 Å². The number of fused-ring (bicyclic) bond motifs is 1. The largest absolute Gasteiger partial charge is 0.301 e. The summed E-state index contributed by atoms with van der Waals surface area (Å²) in [6.45, 7) is 13.7. The summed E-state index contributed by atoms with van der Waals surface area (Å²) in [5, 5.41) is 0. The van der Waals surface area contributed by atoms with Gasteiger partial charge in [0.15, 0.2) is 0 Å². The SMILES string of the molecule is CC(C)N1CC(N(C)CCC(C)N2CC3CCCCC3C2)C1. The van der Waals surface area contributed by atoms with Crippen LogP contribution in [0, 0.1) is 11.8 Å². The minimum atomic E-state index is 0.719. The Morgan fingerprint density at radius 1 is 0.909 bits per heavy atom. The molecule has 1 saturated carbocycles. The molecule has 3 heteroatoms. The van der Waals surface area contributed by atoms with Crippen LogP contribution in [0.25, 0.3) is 0 Å². The molecule has 0 aromatic heterocycles. The molecule has 0 spiro atoms. The van der Waals surface area contributed by atoms with Crippen LogP contribution in [0.5, 0.6) is 0 Å². The van der Waals surface area contributed by atoms with Gasteiger partial charge in [-0.25, -0.2) is 0 Å².